The van der Waals surface area contributed by atoms with Crippen LogP contribution in [-0.4, -0.2) is 21.1 Å². The highest BCUT2D eigenvalue weighted by atomic mass is 16.3. The first-order valence-electron chi connectivity index (χ1n) is 7.34. The summed E-state index contributed by atoms with van der Waals surface area (Å²) in [5, 5.41) is 9.95. The number of aromatic nitrogens is 3. The molecule has 2 N–H and O–H groups in total. The standard InChI is InChI=1S/C16H16N4O2/c1-8-5-11(8)13-7-15(20-19-13)18-16(21)10-3-4-12-14(6-10)22-9(2)17-12/h3-4,6-8,11H,5H2,1-2H3,(H2,18,19,20,21). The second kappa shape index (κ2) is 4.69. The molecular formula is C16H16N4O2. The van der Waals surface area contributed by atoms with Gasteiger partial charge in [-0.1, -0.05) is 6.92 Å². The highest BCUT2D eigenvalue weighted by Crippen LogP contribution is 2.46. The third-order valence-corrected chi connectivity index (χ3v) is 4.11. The van der Waals surface area contributed by atoms with Crippen molar-refractivity contribution in [3.05, 3.63) is 41.4 Å². The topological polar surface area (TPSA) is 83.8 Å². The van der Waals surface area contributed by atoms with E-state index in [2.05, 4.69) is 27.4 Å². The molecule has 1 saturated carbocycles. The van der Waals surface area contributed by atoms with E-state index >= 15 is 0 Å². The number of carbonyl (C=O) groups is 1. The van der Waals surface area contributed by atoms with Crippen molar-refractivity contribution in [3.63, 3.8) is 0 Å². The lowest BCUT2D eigenvalue weighted by molar-refractivity contribution is 0.102. The molecule has 1 amide bonds. The Morgan fingerprint density at radius 2 is 2.23 bits per heavy atom. The number of oxazole rings is 1. The molecule has 112 valence electrons. The van der Waals surface area contributed by atoms with Gasteiger partial charge in [-0.25, -0.2) is 4.98 Å². The zero-order valence-electron chi connectivity index (χ0n) is 12.4. The third-order valence-electron chi connectivity index (χ3n) is 4.11. The molecule has 1 aliphatic rings. The minimum atomic E-state index is -0.210. The second-order valence-electron chi connectivity index (χ2n) is 5.90. The van der Waals surface area contributed by atoms with Crippen LogP contribution in [0.15, 0.2) is 28.7 Å². The SMILES string of the molecule is Cc1nc2ccc(C(=O)Nc3cc(C4CC4C)[nH]n3)cc2o1. The van der Waals surface area contributed by atoms with Crippen LogP contribution in [0.5, 0.6) is 0 Å². The Kier molecular flexibility index (Phi) is 2.79. The molecule has 0 aliphatic heterocycles. The molecule has 0 spiro atoms. The lowest BCUT2D eigenvalue weighted by Gasteiger charge is -2.01. The van der Waals surface area contributed by atoms with E-state index in [0.717, 1.165) is 11.2 Å². The fourth-order valence-corrected chi connectivity index (χ4v) is 2.72. The van der Waals surface area contributed by atoms with Crippen LogP contribution in [0, 0.1) is 12.8 Å². The molecule has 0 radical (unpaired) electrons. The molecule has 6 heteroatoms. The number of benzene rings is 1. The number of nitrogens with one attached hydrogen (secondary N) is 2. The Hall–Kier alpha value is -2.63. The highest BCUT2D eigenvalue weighted by molar-refractivity contribution is 6.05. The predicted molar refractivity (Wildman–Crippen MR) is 81.8 cm³/mol. The number of amides is 1. The van der Waals surface area contributed by atoms with Crippen molar-refractivity contribution >= 4 is 22.8 Å². The maximum atomic E-state index is 12.3. The molecule has 1 fully saturated rings. The minimum Gasteiger partial charge on any atom is -0.441 e. The fourth-order valence-electron chi connectivity index (χ4n) is 2.72. The monoisotopic (exact) mass is 296 g/mol. The number of nitrogens with zero attached hydrogens (tertiary/aromatic N) is 2. The molecule has 2 aromatic heterocycles. The predicted octanol–water partition coefficient (Wildman–Crippen LogP) is 3.24. The summed E-state index contributed by atoms with van der Waals surface area (Å²) in [7, 11) is 0. The Morgan fingerprint density at radius 3 is 3.00 bits per heavy atom. The van der Waals surface area contributed by atoms with Gasteiger partial charge in [0.1, 0.15) is 5.52 Å². The average Bonchev–Trinajstić information content (AvgIpc) is 2.89. The molecule has 2 heterocycles. The first-order valence-corrected chi connectivity index (χ1v) is 7.34. The normalized spacial score (nSPS) is 20.3. The van der Waals surface area contributed by atoms with Gasteiger partial charge in [0, 0.05) is 30.2 Å². The third kappa shape index (κ3) is 2.26. The molecule has 1 aliphatic carbocycles. The van der Waals surface area contributed by atoms with Gasteiger partial charge in [0.15, 0.2) is 17.3 Å². The maximum absolute atomic E-state index is 12.3. The number of carbonyl (C=O) groups excluding carboxylic acids is 1. The van der Waals surface area contributed by atoms with Crippen LogP contribution in [0.3, 0.4) is 0 Å². The molecule has 1 aromatic carbocycles. The molecule has 22 heavy (non-hydrogen) atoms. The van der Waals surface area contributed by atoms with Crippen LogP contribution in [0.2, 0.25) is 0 Å². The van der Waals surface area contributed by atoms with Gasteiger partial charge in [0.2, 0.25) is 0 Å². The van der Waals surface area contributed by atoms with Crippen molar-refractivity contribution in [1.29, 1.82) is 0 Å². The number of hydrogen-bond donors (Lipinski definition) is 2. The zero-order chi connectivity index (χ0) is 15.3. The summed E-state index contributed by atoms with van der Waals surface area (Å²) in [4.78, 5) is 16.5. The Balaban J connectivity index is 1.53. The van der Waals surface area contributed by atoms with Gasteiger partial charge < -0.3 is 9.73 Å². The second-order valence-corrected chi connectivity index (χ2v) is 5.90. The lowest BCUT2D eigenvalue weighted by Crippen LogP contribution is -2.11. The lowest BCUT2D eigenvalue weighted by atomic mass is 10.2. The highest BCUT2D eigenvalue weighted by Gasteiger charge is 2.35. The van der Waals surface area contributed by atoms with E-state index in [-0.39, 0.29) is 5.91 Å². The molecule has 2 unspecified atom stereocenters. The van der Waals surface area contributed by atoms with Crippen LogP contribution in [0.4, 0.5) is 5.82 Å². The summed E-state index contributed by atoms with van der Waals surface area (Å²) in [6.07, 6.45) is 1.18. The number of anilines is 1. The van der Waals surface area contributed by atoms with E-state index in [0.29, 0.717) is 34.7 Å². The number of fused-ring (bicyclic) bond motifs is 1. The van der Waals surface area contributed by atoms with Crippen LogP contribution >= 0.6 is 0 Å². The van der Waals surface area contributed by atoms with E-state index in [9.17, 15) is 4.79 Å². The summed E-state index contributed by atoms with van der Waals surface area (Å²) < 4.78 is 5.45. The minimum absolute atomic E-state index is 0.210. The number of aromatic amines is 1. The summed E-state index contributed by atoms with van der Waals surface area (Å²) in [6, 6.07) is 7.11. The molecule has 4 rings (SSSR count). The molecule has 0 saturated heterocycles. The van der Waals surface area contributed by atoms with Crippen LogP contribution in [-0.2, 0) is 0 Å². The Morgan fingerprint density at radius 1 is 1.41 bits per heavy atom. The number of rotatable bonds is 3. The summed E-state index contributed by atoms with van der Waals surface area (Å²) in [6.45, 7) is 3.99. The van der Waals surface area contributed by atoms with Crippen molar-refractivity contribution in [2.75, 3.05) is 5.32 Å². The zero-order valence-corrected chi connectivity index (χ0v) is 12.4. The number of H-pyrrole nitrogens is 1. The van der Waals surface area contributed by atoms with Crippen molar-refractivity contribution in [3.8, 4) is 0 Å². The van der Waals surface area contributed by atoms with E-state index in [1.54, 1.807) is 25.1 Å². The van der Waals surface area contributed by atoms with E-state index in [4.69, 9.17) is 4.42 Å². The quantitative estimate of drug-likeness (QED) is 0.777. The van der Waals surface area contributed by atoms with Crippen molar-refractivity contribution < 1.29 is 9.21 Å². The Labute approximate surface area is 126 Å². The summed E-state index contributed by atoms with van der Waals surface area (Å²) >= 11 is 0. The van der Waals surface area contributed by atoms with Crippen molar-refractivity contribution in [1.82, 2.24) is 15.2 Å². The summed E-state index contributed by atoms with van der Waals surface area (Å²) in [5.74, 6) is 2.17. The molecule has 2 atom stereocenters. The van der Waals surface area contributed by atoms with E-state index in [1.165, 1.54) is 6.42 Å². The van der Waals surface area contributed by atoms with Gasteiger partial charge in [0.25, 0.3) is 5.91 Å². The molecule has 0 bridgehead atoms. The molecular weight excluding hydrogens is 280 g/mol. The fraction of sp³-hybridized carbons (Fsp3) is 0.312. The van der Waals surface area contributed by atoms with Gasteiger partial charge in [-0.3, -0.25) is 9.89 Å². The van der Waals surface area contributed by atoms with Gasteiger partial charge in [-0.05, 0) is 30.5 Å². The molecule has 6 nitrogen and oxygen atoms in total. The van der Waals surface area contributed by atoms with Gasteiger partial charge >= 0.3 is 0 Å². The van der Waals surface area contributed by atoms with Gasteiger partial charge in [-0.15, -0.1) is 0 Å². The average molecular weight is 296 g/mol. The Bertz CT molecular complexity index is 864. The first-order chi connectivity index (χ1) is 10.6. The van der Waals surface area contributed by atoms with E-state index in [1.807, 2.05) is 6.07 Å². The van der Waals surface area contributed by atoms with Crippen LogP contribution in [0.25, 0.3) is 11.1 Å². The maximum Gasteiger partial charge on any atom is 0.257 e. The first kappa shape index (κ1) is 13.1. The van der Waals surface area contributed by atoms with E-state index < -0.39 is 0 Å². The number of hydrogen-bond acceptors (Lipinski definition) is 4. The van der Waals surface area contributed by atoms with Gasteiger partial charge in [0.05, 0.1) is 0 Å². The van der Waals surface area contributed by atoms with Crippen molar-refractivity contribution in [2.24, 2.45) is 5.92 Å². The van der Waals surface area contributed by atoms with Crippen LogP contribution in [0.1, 0.15) is 41.2 Å². The molecule has 3 aromatic rings. The number of aryl methyl sites for hydroxylation is 1. The summed E-state index contributed by atoms with van der Waals surface area (Å²) in [5.41, 5.74) is 2.97. The largest absolute Gasteiger partial charge is 0.441 e. The van der Waals surface area contributed by atoms with Gasteiger partial charge in [-0.2, -0.15) is 5.10 Å². The van der Waals surface area contributed by atoms with Crippen molar-refractivity contribution in [2.45, 2.75) is 26.2 Å². The van der Waals surface area contributed by atoms with Crippen LogP contribution < -0.4 is 5.32 Å². The smallest absolute Gasteiger partial charge is 0.257 e.